The molecule has 0 saturated heterocycles. The second kappa shape index (κ2) is 4.43. The van der Waals surface area contributed by atoms with Crippen LogP contribution in [0.15, 0.2) is 16.5 Å². The van der Waals surface area contributed by atoms with Crippen LogP contribution in [0.25, 0.3) is 0 Å². The lowest BCUT2D eigenvalue weighted by Gasteiger charge is -2.05. The summed E-state index contributed by atoms with van der Waals surface area (Å²) < 4.78 is 26.4. The highest BCUT2D eigenvalue weighted by molar-refractivity contribution is 7.93. The van der Waals surface area contributed by atoms with E-state index in [1.54, 1.807) is 12.3 Å². The van der Waals surface area contributed by atoms with Crippen LogP contribution >= 0.6 is 11.3 Å². The Morgan fingerprint density at radius 2 is 2.35 bits per heavy atom. The van der Waals surface area contributed by atoms with Gasteiger partial charge in [-0.1, -0.05) is 0 Å². The Kier molecular flexibility index (Phi) is 3.13. The number of hydrogen-bond acceptors (Lipinski definition) is 6. The number of nitrogens with one attached hydrogen (secondary N) is 2. The maximum absolute atomic E-state index is 12.0. The fraction of sp³-hybridized carbons (Fsp3) is 0.250. The van der Waals surface area contributed by atoms with Gasteiger partial charge in [0.25, 0.3) is 10.0 Å². The van der Waals surface area contributed by atoms with Crippen LogP contribution in [0, 0.1) is 6.92 Å². The van der Waals surface area contributed by atoms with Gasteiger partial charge in [-0.05, 0) is 6.92 Å². The number of aliphatic hydroxyl groups is 1. The van der Waals surface area contributed by atoms with Gasteiger partial charge < -0.3 is 5.11 Å². The standard InChI is InChI=1S/C8H10N4O3S2/c1-5-7(6(4-13)11-10-5)17(14,15)12-8-9-2-3-16-8/h2-3,13H,4H2,1H3,(H,9,12)(H,10,11). The van der Waals surface area contributed by atoms with Gasteiger partial charge in [-0.15, -0.1) is 11.3 Å². The van der Waals surface area contributed by atoms with Crippen molar-refractivity contribution < 1.29 is 13.5 Å². The largest absolute Gasteiger partial charge is 0.390 e. The minimum atomic E-state index is -3.77. The Morgan fingerprint density at radius 3 is 2.94 bits per heavy atom. The molecule has 0 bridgehead atoms. The number of H-pyrrole nitrogens is 1. The highest BCUT2D eigenvalue weighted by Crippen LogP contribution is 2.22. The summed E-state index contributed by atoms with van der Waals surface area (Å²) in [4.78, 5) is 3.80. The fourth-order valence-electron chi connectivity index (χ4n) is 1.37. The first-order chi connectivity index (χ1) is 8.04. The molecule has 0 fully saturated rings. The first-order valence-corrected chi connectivity index (χ1v) is 6.98. The van der Waals surface area contributed by atoms with Gasteiger partial charge in [0.15, 0.2) is 5.13 Å². The monoisotopic (exact) mass is 274 g/mol. The molecular weight excluding hydrogens is 264 g/mol. The molecule has 2 heterocycles. The number of thiazole rings is 1. The first kappa shape index (κ1) is 12.0. The maximum atomic E-state index is 12.0. The fourth-order valence-corrected chi connectivity index (χ4v) is 3.52. The van der Waals surface area contributed by atoms with E-state index >= 15 is 0 Å². The molecule has 0 saturated carbocycles. The van der Waals surface area contributed by atoms with E-state index in [0.717, 1.165) is 0 Å². The molecular formula is C8H10N4O3S2. The molecule has 0 amide bonds. The lowest BCUT2D eigenvalue weighted by atomic mass is 10.4. The van der Waals surface area contributed by atoms with Gasteiger partial charge in [0, 0.05) is 11.6 Å². The average molecular weight is 274 g/mol. The number of aryl methyl sites for hydroxylation is 1. The number of aromatic nitrogens is 3. The van der Waals surface area contributed by atoms with Crippen LogP contribution in [0.3, 0.4) is 0 Å². The molecule has 0 aliphatic carbocycles. The molecule has 0 aliphatic heterocycles. The van der Waals surface area contributed by atoms with Crippen molar-refractivity contribution in [2.75, 3.05) is 4.72 Å². The number of aromatic amines is 1. The minimum Gasteiger partial charge on any atom is -0.390 e. The van der Waals surface area contributed by atoms with Crippen LogP contribution in [-0.2, 0) is 16.6 Å². The molecule has 0 aliphatic rings. The van der Waals surface area contributed by atoms with Gasteiger partial charge in [0.1, 0.15) is 10.6 Å². The van der Waals surface area contributed by atoms with E-state index in [1.807, 2.05) is 0 Å². The lowest BCUT2D eigenvalue weighted by Crippen LogP contribution is -2.15. The summed E-state index contributed by atoms with van der Waals surface area (Å²) in [5.41, 5.74) is 0.463. The number of hydrogen-bond donors (Lipinski definition) is 3. The molecule has 0 radical (unpaired) electrons. The third kappa shape index (κ3) is 2.30. The third-order valence-corrected chi connectivity index (χ3v) is 4.39. The molecule has 2 aromatic heterocycles. The molecule has 9 heteroatoms. The first-order valence-electron chi connectivity index (χ1n) is 4.61. The van der Waals surface area contributed by atoms with Crippen molar-refractivity contribution in [1.82, 2.24) is 15.2 Å². The number of rotatable bonds is 4. The van der Waals surface area contributed by atoms with E-state index in [2.05, 4.69) is 19.9 Å². The Hall–Kier alpha value is -1.45. The topological polar surface area (TPSA) is 108 Å². The summed E-state index contributed by atoms with van der Waals surface area (Å²) in [5.74, 6) is 0. The van der Waals surface area contributed by atoms with Crippen LogP contribution in [-0.4, -0.2) is 28.7 Å². The highest BCUT2D eigenvalue weighted by atomic mass is 32.2. The predicted octanol–water partition coefficient (Wildman–Crippen LogP) is 0.468. The molecule has 0 atom stereocenters. The molecule has 0 unspecified atom stereocenters. The summed E-state index contributed by atoms with van der Waals surface area (Å²) in [6.07, 6.45) is 1.50. The van der Waals surface area contributed by atoms with Crippen LogP contribution in [0.4, 0.5) is 5.13 Å². The second-order valence-electron chi connectivity index (χ2n) is 3.23. The van der Waals surface area contributed by atoms with Gasteiger partial charge in [0.2, 0.25) is 0 Å². The van der Waals surface area contributed by atoms with Gasteiger partial charge in [0.05, 0.1) is 12.3 Å². The maximum Gasteiger partial charge on any atom is 0.267 e. The Balaban J connectivity index is 2.41. The Morgan fingerprint density at radius 1 is 1.59 bits per heavy atom. The molecule has 0 aromatic carbocycles. The summed E-state index contributed by atoms with van der Waals surface area (Å²) >= 11 is 1.17. The zero-order valence-corrected chi connectivity index (χ0v) is 10.5. The number of nitrogens with zero attached hydrogens (tertiary/aromatic N) is 2. The summed E-state index contributed by atoms with van der Waals surface area (Å²) in [6, 6.07) is 0. The van der Waals surface area contributed by atoms with E-state index in [9.17, 15) is 8.42 Å². The normalized spacial score (nSPS) is 11.6. The van der Waals surface area contributed by atoms with Gasteiger partial charge >= 0.3 is 0 Å². The van der Waals surface area contributed by atoms with E-state index in [1.165, 1.54) is 17.5 Å². The highest BCUT2D eigenvalue weighted by Gasteiger charge is 2.24. The smallest absolute Gasteiger partial charge is 0.267 e. The summed E-state index contributed by atoms with van der Waals surface area (Å²) in [5, 5.41) is 17.2. The molecule has 17 heavy (non-hydrogen) atoms. The number of anilines is 1. The predicted molar refractivity (Wildman–Crippen MR) is 62.2 cm³/mol. The van der Waals surface area contributed by atoms with Crippen molar-refractivity contribution in [2.24, 2.45) is 0 Å². The van der Waals surface area contributed by atoms with Crippen molar-refractivity contribution in [3.63, 3.8) is 0 Å². The molecule has 2 rings (SSSR count). The number of aliphatic hydroxyl groups excluding tert-OH is 1. The zero-order chi connectivity index (χ0) is 12.5. The average Bonchev–Trinajstić information content (AvgIpc) is 2.86. The van der Waals surface area contributed by atoms with Crippen molar-refractivity contribution >= 4 is 26.5 Å². The number of sulfonamides is 1. The van der Waals surface area contributed by atoms with Crippen LogP contribution in [0.5, 0.6) is 0 Å². The SMILES string of the molecule is Cc1[nH]nc(CO)c1S(=O)(=O)Nc1nccs1. The second-order valence-corrected chi connectivity index (χ2v) is 5.74. The van der Waals surface area contributed by atoms with Crippen LogP contribution in [0.1, 0.15) is 11.4 Å². The van der Waals surface area contributed by atoms with Crippen molar-refractivity contribution in [3.05, 3.63) is 23.0 Å². The van der Waals surface area contributed by atoms with Gasteiger partial charge in [-0.2, -0.15) is 5.10 Å². The molecule has 3 N–H and O–H groups in total. The summed E-state index contributed by atoms with van der Waals surface area (Å²) in [7, 11) is -3.77. The Bertz CT molecular complexity index is 603. The summed E-state index contributed by atoms with van der Waals surface area (Å²) in [6.45, 7) is 1.13. The van der Waals surface area contributed by atoms with Crippen LogP contribution < -0.4 is 4.72 Å². The molecule has 7 nitrogen and oxygen atoms in total. The Labute approximate surface area is 102 Å². The quantitative estimate of drug-likeness (QED) is 0.751. The van der Waals surface area contributed by atoms with E-state index < -0.39 is 16.6 Å². The molecule has 0 spiro atoms. The van der Waals surface area contributed by atoms with Crippen molar-refractivity contribution in [3.8, 4) is 0 Å². The zero-order valence-electron chi connectivity index (χ0n) is 8.84. The molecule has 92 valence electrons. The van der Waals surface area contributed by atoms with Crippen molar-refractivity contribution in [1.29, 1.82) is 0 Å². The molecule has 2 aromatic rings. The lowest BCUT2D eigenvalue weighted by molar-refractivity contribution is 0.273. The minimum absolute atomic E-state index is 0.0322. The third-order valence-electron chi connectivity index (χ3n) is 2.03. The van der Waals surface area contributed by atoms with E-state index in [4.69, 9.17) is 5.11 Å². The van der Waals surface area contributed by atoms with Crippen molar-refractivity contribution in [2.45, 2.75) is 18.4 Å². The van der Waals surface area contributed by atoms with Crippen LogP contribution in [0.2, 0.25) is 0 Å². The van der Waals surface area contributed by atoms with E-state index in [-0.39, 0.29) is 15.7 Å². The van der Waals surface area contributed by atoms with E-state index in [0.29, 0.717) is 5.69 Å². The van der Waals surface area contributed by atoms with Gasteiger partial charge in [-0.25, -0.2) is 13.4 Å². The van der Waals surface area contributed by atoms with Gasteiger partial charge in [-0.3, -0.25) is 9.82 Å².